The zero-order valence-corrected chi connectivity index (χ0v) is 10.7. The standard InChI is InChI=1S/C11H9BrClNO2/c12-7-3-1-4-8-9(7)10(15)11(16)14(8)6-2-5-13/h1,3-4H,2,5-6H2. The Morgan fingerprint density at radius 2 is 2.06 bits per heavy atom. The number of amides is 1. The molecule has 0 aromatic heterocycles. The lowest BCUT2D eigenvalue weighted by Gasteiger charge is -2.15. The highest BCUT2D eigenvalue weighted by Gasteiger charge is 2.36. The number of rotatable bonds is 3. The molecule has 1 amide bonds. The minimum atomic E-state index is -0.466. The lowest BCUT2D eigenvalue weighted by Crippen LogP contribution is -2.30. The third-order valence-corrected chi connectivity index (χ3v) is 3.39. The van der Waals surface area contributed by atoms with Crippen molar-refractivity contribution in [3.63, 3.8) is 0 Å². The highest BCUT2D eigenvalue weighted by Crippen LogP contribution is 2.34. The minimum Gasteiger partial charge on any atom is -0.305 e. The molecular formula is C11H9BrClNO2. The lowest BCUT2D eigenvalue weighted by atomic mass is 10.1. The second kappa shape index (κ2) is 4.55. The zero-order chi connectivity index (χ0) is 11.7. The maximum atomic E-state index is 11.7. The van der Waals surface area contributed by atoms with E-state index in [0.717, 1.165) is 0 Å². The molecule has 0 aliphatic carbocycles. The van der Waals surface area contributed by atoms with E-state index in [9.17, 15) is 9.59 Å². The smallest absolute Gasteiger partial charge is 0.299 e. The van der Waals surface area contributed by atoms with Crippen LogP contribution < -0.4 is 4.90 Å². The van der Waals surface area contributed by atoms with E-state index < -0.39 is 11.7 Å². The monoisotopic (exact) mass is 301 g/mol. The van der Waals surface area contributed by atoms with E-state index in [1.807, 2.05) is 6.07 Å². The molecule has 0 saturated heterocycles. The van der Waals surface area contributed by atoms with Crippen LogP contribution in [0.25, 0.3) is 0 Å². The van der Waals surface area contributed by atoms with Crippen LogP contribution in [0.1, 0.15) is 16.8 Å². The predicted molar refractivity (Wildman–Crippen MR) is 66.2 cm³/mol. The number of fused-ring (bicyclic) bond motifs is 1. The molecule has 1 heterocycles. The summed E-state index contributed by atoms with van der Waals surface area (Å²) < 4.78 is 0.664. The van der Waals surface area contributed by atoms with E-state index in [2.05, 4.69) is 15.9 Å². The van der Waals surface area contributed by atoms with Crippen molar-refractivity contribution in [2.75, 3.05) is 17.3 Å². The van der Waals surface area contributed by atoms with Crippen LogP contribution in [-0.4, -0.2) is 24.1 Å². The van der Waals surface area contributed by atoms with Crippen LogP contribution in [0.5, 0.6) is 0 Å². The van der Waals surface area contributed by atoms with Crippen molar-refractivity contribution in [1.82, 2.24) is 0 Å². The summed E-state index contributed by atoms with van der Waals surface area (Å²) in [5.41, 5.74) is 1.14. The molecule has 1 aromatic rings. The quantitative estimate of drug-likeness (QED) is 0.636. The molecule has 3 nitrogen and oxygen atoms in total. The van der Waals surface area contributed by atoms with Crippen LogP contribution in [0.2, 0.25) is 0 Å². The van der Waals surface area contributed by atoms with Gasteiger partial charge in [-0.25, -0.2) is 0 Å². The average Bonchev–Trinajstić information content (AvgIpc) is 2.51. The van der Waals surface area contributed by atoms with Gasteiger partial charge in [-0.2, -0.15) is 0 Å². The van der Waals surface area contributed by atoms with Gasteiger partial charge in [0.05, 0.1) is 11.3 Å². The Labute approximate surface area is 107 Å². The Kier molecular flexibility index (Phi) is 3.30. The number of nitrogens with zero attached hydrogens (tertiary/aromatic N) is 1. The second-order valence-electron chi connectivity index (χ2n) is 3.46. The van der Waals surface area contributed by atoms with Crippen LogP contribution in [0.3, 0.4) is 0 Å². The number of ketones is 1. The molecule has 0 atom stereocenters. The van der Waals surface area contributed by atoms with Crippen molar-refractivity contribution in [3.8, 4) is 0 Å². The first-order valence-electron chi connectivity index (χ1n) is 4.87. The van der Waals surface area contributed by atoms with Crippen molar-refractivity contribution in [2.45, 2.75) is 6.42 Å². The van der Waals surface area contributed by atoms with Gasteiger partial charge in [-0.1, -0.05) is 6.07 Å². The van der Waals surface area contributed by atoms with Crippen molar-refractivity contribution in [3.05, 3.63) is 28.2 Å². The maximum Gasteiger partial charge on any atom is 0.299 e. The maximum absolute atomic E-state index is 11.7. The highest BCUT2D eigenvalue weighted by molar-refractivity contribution is 9.10. The Morgan fingerprint density at radius 1 is 1.31 bits per heavy atom. The molecule has 0 unspecified atom stereocenters. The normalized spacial score (nSPS) is 14.5. The molecule has 0 spiro atoms. The fourth-order valence-electron chi connectivity index (χ4n) is 1.74. The van der Waals surface area contributed by atoms with Crippen molar-refractivity contribution in [2.24, 2.45) is 0 Å². The molecule has 0 radical (unpaired) electrons. The number of anilines is 1. The molecule has 1 aliphatic heterocycles. The van der Waals surface area contributed by atoms with Crippen molar-refractivity contribution in [1.29, 1.82) is 0 Å². The molecule has 0 bridgehead atoms. The number of benzene rings is 1. The van der Waals surface area contributed by atoms with Gasteiger partial charge in [-0.05, 0) is 34.5 Å². The van der Waals surface area contributed by atoms with Crippen LogP contribution in [0.15, 0.2) is 22.7 Å². The molecule has 84 valence electrons. The summed E-state index contributed by atoms with van der Waals surface area (Å²) in [5.74, 6) is -0.439. The van der Waals surface area contributed by atoms with Gasteiger partial charge >= 0.3 is 0 Å². The van der Waals surface area contributed by atoms with Crippen molar-refractivity contribution >= 4 is 44.9 Å². The second-order valence-corrected chi connectivity index (χ2v) is 4.69. The number of alkyl halides is 1. The Morgan fingerprint density at radius 3 is 2.75 bits per heavy atom. The molecule has 16 heavy (non-hydrogen) atoms. The number of carbonyl (C=O) groups is 2. The molecular weight excluding hydrogens is 293 g/mol. The number of carbonyl (C=O) groups excluding carboxylic acids is 2. The summed E-state index contributed by atoms with van der Waals surface area (Å²) in [4.78, 5) is 25.0. The molecule has 2 rings (SSSR count). The summed E-state index contributed by atoms with van der Waals surface area (Å²) in [6.07, 6.45) is 0.673. The lowest BCUT2D eigenvalue weighted by molar-refractivity contribution is -0.114. The van der Waals surface area contributed by atoms with Gasteiger partial charge in [0.25, 0.3) is 11.7 Å². The van der Waals surface area contributed by atoms with E-state index in [0.29, 0.717) is 34.6 Å². The third kappa shape index (κ3) is 1.76. The van der Waals surface area contributed by atoms with Crippen LogP contribution in [-0.2, 0) is 4.79 Å². The molecule has 0 saturated carbocycles. The number of hydrogen-bond donors (Lipinski definition) is 0. The van der Waals surface area contributed by atoms with Crippen LogP contribution >= 0.6 is 27.5 Å². The largest absolute Gasteiger partial charge is 0.305 e. The Balaban J connectivity index is 2.42. The molecule has 5 heteroatoms. The van der Waals surface area contributed by atoms with Gasteiger partial charge in [0.2, 0.25) is 0 Å². The predicted octanol–water partition coefficient (Wildman–Crippen LogP) is 2.61. The van der Waals surface area contributed by atoms with E-state index >= 15 is 0 Å². The average molecular weight is 303 g/mol. The molecule has 0 fully saturated rings. The van der Waals surface area contributed by atoms with Gasteiger partial charge in [0, 0.05) is 16.9 Å². The van der Waals surface area contributed by atoms with Crippen molar-refractivity contribution < 1.29 is 9.59 Å². The van der Waals surface area contributed by atoms with Gasteiger partial charge in [0.1, 0.15) is 0 Å². The van der Waals surface area contributed by atoms with Gasteiger partial charge < -0.3 is 4.90 Å². The summed E-state index contributed by atoms with van der Waals surface area (Å²) >= 11 is 8.88. The van der Waals surface area contributed by atoms with E-state index in [-0.39, 0.29) is 0 Å². The first kappa shape index (κ1) is 11.6. The molecule has 1 aliphatic rings. The first-order valence-corrected chi connectivity index (χ1v) is 6.20. The molecule has 1 aromatic carbocycles. The summed E-state index contributed by atoms with van der Waals surface area (Å²) in [5, 5.41) is 0. The highest BCUT2D eigenvalue weighted by atomic mass is 79.9. The van der Waals surface area contributed by atoms with Crippen LogP contribution in [0, 0.1) is 0 Å². The van der Waals surface area contributed by atoms with E-state index in [1.54, 1.807) is 12.1 Å². The van der Waals surface area contributed by atoms with Gasteiger partial charge in [-0.15, -0.1) is 11.6 Å². The minimum absolute atomic E-state index is 0.447. The fraction of sp³-hybridized carbons (Fsp3) is 0.273. The van der Waals surface area contributed by atoms with E-state index in [4.69, 9.17) is 11.6 Å². The first-order chi connectivity index (χ1) is 7.66. The summed E-state index contributed by atoms with van der Waals surface area (Å²) in [6.45, 7) is 0.484. The number of Topliss-reactive ketones (excluding diaryl/α,β-unsaturated/α-hetero) is 1. The Bertz CT molecular complexity index is 461. The van der Waals surface area contributed by atoms with Crippen LogP contribution in [0.4, 0.5) is 5.69 Å². The Hall–Kier alpha value is -0.870. The summed E-state index contributed by atoms with van der Waals surface area (Å²) in [7, 11) is 0. The van der Waals surface area contributed by atoms with Gasteiger partial charge in [-0.3, -0.25) is 9.59 Å². The van der Waals surface area contributed by atoms with Gasteiger partial charge in [0.15, 0.2) is 0 Å². The topological polar surface area (TPSA) is 37.4 Å². The zero-order valence-electron chi connectivity index (χ0n) is 8.37. The fourth-order valence-corrected chi connectivity index (χ4v) is 2.40. The summed E-state index contributed by atoms with van der Waals surface area (Å²) in [6, 6.07) is 5.34. The third-order valence-electron chi connectivity index (χ3n) is 2.46. The van der Waals surface area contributed by atoms with E-state index in [1.165, 1.54) is 4.90 Å². The number of hydrogen-bond acceptors (Lipinski definition) is 2. The molecule has 0 N–H and O–H groups in total. The SMILES string of the molecule is O=C1C(=O)N(CCCCl)c2cccc(Br)c21. The number of halogens is 2.